The van der Waals surface area contributed by atoms with Crippen molar-refractivity contribution < 1.29 is 30.6 Å². The minimum absolute atomic E-state index is 0.194. The van der Waals surface area contributed by atoms with Crippen molar-refractivity contribution in [2.24, 2.45) is 0 Å². The molecule has 0 saturated carbocycles. The van der Waals surface area contributed by atoms with E-state index in [0.717, 1.165) is 0 Å². The van der Waals surface area contributed by atoms with Gasteiger partial charge < -0.3 is 30.6 Å². The van der Waals surface area contributed by atoms with Crippen LogP contribution in [0.4, 0.5) is 0 Å². The van der Waals surface area contributed by atoms with E-state index in [4.69, 9.17) is 16.6 Å². The van der Waals surface area contributed by atoms with Gasteiger partial charge >= 0.3 is 0 Å². The molecule has 0 amide bonds. The van der Waals surface area contributed by atoms with Crippen molar-refractivity contribution in [1.29, 1.82) is 0 Å². The lowest BCUT2D eigenvalue weighted by molar-refractivity contribution is -0.139. The molecule has 6 nitrogen and oxygen atoms in total. The molecule has 0 aromatic heterocycles. The van der Waals surface area contributed by atoms with E-state index in [2.05, 4.69) is 5.92 Å². The molecule has 6 heteroatoms. The zero-order valence-electron chi connectivity index (χ0n) is 8.06. The van der Waals surface area contributed by atoms with Crippen LogP contribution in [0.1, 0.15) is 6.42 Å². The summed E-state index contributed by atoms with van der Waals surface area (Å²) in [5.41, 5.74) is 0. The Morgan fingerprint density at radius 3 is 1.73 bits per heavy atom. The number of hydrogen-bond donors (Lipinski definition) is 6. The van der Waals surface area contributed by atoms with Crippen LogP contribution in [-0.4, -0.2) is 67.8 Å². The average Bonchev–Trinajstić information content (AvgIpc) is 2.25. The van der Waals surface area contributed by atoms with E-state index in [1.54, 1.807) is 0 Å². The Kier molecular flexibility index (Phi) is 6.43. The Bertz CT molecular complexity index is 213. The molecule has 15 heavy (non-hydrogen) atoms. The van der Waals surface area contributed by atoms with Gasteiger partial charge in [0.05, 0.1) is 12.7 Å². The number of hydrogen-bond acceptors (Lipinski definition) is 6. The first kappa shape index (κ1) is 14.3. The third-order valence-electron chi connectivity index (χ3n) is 2.00. The molecule has 0 spiro atoms. The van der Waals surface area contributed by atoms with Gasteiger partial charge in [0.2, 0.25) is 0 Å². The van der Waals surface area contributed by atoms with E-state index in [-0.39, 0.29) is 6.42 Å². The van der Waals surface area contributed by atoms with Crippen LogP contribution in [0.5, 0.6) is 0 Å². The highest BCUT2D eigenvalue weighted by molar-refractivity contribution is 4.92. The molecule has 0 aliphatic carbocycles. The highest BCUT2D eigenvalue weighted by Gasteiger charge is 2.33. The van der Waals surface area contributed by atoms with Gasteiger partial charge in [0.1, 0.15) is 24.4 Å². The van der Waals surface area contributed by atoms with Gasteiger partial charge in [0.25, 0.3) is 0 Å². The molecular formula is C9H16O6. The highest BCUT2D eigenvalue weighted by atomic mass is 16.4. The third-order valence-corrected chi connectivity index (χ3v) is 2.00. The first-order valence-corrected chi connectivity index (χ1v) is 4.40. The highest BCUT2D eigenvalue weighted by Crippen LogP contribution is 2.10. The molecule has 0 fully saturated rings. The van der Waals surface area contributed by atoms with Crippen LogP contribution in [-0.2, 0) is 0 Å². The second-order valence-corrected chi connectivity index (χ2v) is 3.20. The molecule has 0 heterocycles. The minimum atomic E-state index is -1.78. The molecule has 0 bridgehead atoms. The summed E-state index contributed by atoms with van der Waals surface area (Å²) in [6, 6.07) is 0. The minimum Gasteiger partial charge on any atom is -0.394 e. The predicted molar refractivity (Wildman–Crippen MR) is 50.6 cm³/mol. The van der Waals surface area contributed by atoms with E-state index in [1.807, 2.05) is 0 Å². The van der Waals surface area contributed by atoms with Gasteiger partial charge in [0.15, 0.2) is 0 Å². The first-order valence-electron chi connectivity index (χ1n) is 4.40. The Labute approximate surface area is 87.4 Å². The fourth-order valence-electron chi connectivity index (χ4n) is 1.01. The van der Waals surface area contributed by atoms with Crippen LogP contribution < -0.4 is 0 Å². The Hall–Kier alpha value is -0.680. The third kappa shape index (κ3) is 4.13. The van der Waals surface area contributed by atoms with Gasteiger partial charge in [-0.3, -0.25) is 0 Å². The predicted octanol–water partition coefficient (Wildman–Crippen LogP) is -3.19. The number of aliphatic hydroxyl groups is 6. The molecule has 0 radical (unpaired) electrons. The number of rotatable bonds is 6. The lowest BCUT2D eigenvalue weighted by atomic mass is 9.98. The maximum Gasteiger partial charge on any atom is 0.111 e. The normalized spacial score (nSPS) is 21.1. The molecule has 0 unspecified atom stereocenters. The van der Waals surface area contributed by atoms with Gasteiger partial charge in [-0.15, -0.1) is 12.3 Å². The van der Waals surface area contributed by atoms with E-state index >= 15 is 0 Å². The molecule has 0 aromatic carbocycles. The van der Waals surface area contributed by atoms with Gasteiger partial charge in [-0.2, -0.15) is 0 Å². The summed E-state index contributed by atoms with van der Waals surface area (Å²) in [7, 11) is 0. The van der Waals surface area contributed by atoms with E-state index in [1.165, 1.54) is 0 Å². The van der Waals surface area contributed by atoms with Crippen LogP contribution in [0.15, 0.2) is 0 Å². The van der Waals surface area contributed by atoms with Crippen LogP contribution in [0, 0.1) is 12.3 Å². The molecule has 5 atom stereocenters. The second kappa shape index (κ2) is 6.74. The summed E-state index contributed by atoms with van der Waals surface area (Å²) in [5.74, 6) is 2.07. The van der Waals surface area contributed by atoms with Crippen LogP contribution in [0.3, 0.4) is 0 Å². The second-order valence-electron chi connectivity index (χ2n) is 3.20. The molecule has 0 aliphatic heterocycles. The largest absolute Gasteiger partial charge is 0.394 e. The average molecular weight is 220 g/mol. The molecule has 0 aliphatic rings. The SMILES string of the molecule is C#CC[C@@H](O)[C@@H](O)[C@@H](O)[C@H](O)[C@H](O)CO. The maximum absolute atomic E-state index is 9.29. The van der Waals surface area contributed by atoms with Crippen molar-refractivity contribution in [3.63, 3.8) is 0 Å². The van der Waals surface area contributed by atoms with E-state index < -0.39 is 37.1 Å². The number of aliphatic hydroxyl groups excluding tert-OH is 6. The van der Waals surface area contributed by atoms with Gasteiger partial charge in [0, 0.05) is 6.42 Å². The lowest BCUT2D eigenvalue weighted by Gasteiger charge is -2.27. The summed E-state index contributed by atoms with van der Waals surface area (Å²) in [5, 5.41) is 54.4. The van der Waals surface area contributed by atoms with E-state index in [0.29, 0.717) is 0 Å². The Morgan fingerprint density at radius 1 is 0.867 bits per heavy atom. The van der Waals surface area contributed by atoms with Crippen LogP contribution in [0.2, 0.25) is 0 Å². The monoisotopic (exact) mass is 220 g/mol. The summed E-state index contributed by atoms with van der Waals surface area (Å²) < 4.78 is 0. The van der Waals surface area contributed by atoms with Crippen LogP contribution in [0.25, 0.3) is 0 Å². The van der Waals surface area contributed by atoms with Crippen LogP contribution >= 0.6 is 0 Å². The zero-order chi connectivity index (χ0) is 12.0. The Morgan fingerprint density at radius 2 is 1.33 bits per heavy atom. The fraction of sp³-hybridized carbons (Fsp3) is 0.778. The summed E-state index contributed by atoms with van der Waals surface area (Å²) in [4.78, 5) is 0. The van der Waals surface area contributed by atoms with E-state index in [9.17, 15) is 20.4 Å². The molecular weight excluding hydrogens is 204 g/mol. The summed E-state index contributed by atoms with van der Waals surface area (Å²) in [6.45, 7) is -0.768. The Balaban J connectivity index is 4.30. The van der Waals surface area contributed by atoms with Gasteiger partial charge in [-0.05, 0) is 0 Å². The van der Waals surface area contributed by atoms with Crippen molar-refractivity contribution >= 4 is 0 Å². The molecule has 0 saturated heterocycles. The molecule has 6 N–H and O–H groups in total. The van der Waals surface area contributed by atoms with Crippen molar-refractivity contribution in [2.45, 2.75) is 36.9 Å². The maximum atomic E-state index is 9.29. The van der Waals surface area contributed by atoms with Crippen molar-refractivity contribution in [3.8, 4) is 12.3 Å². The van der Waals surface area contributed by atoms with Gasteiger partial charge in [-0.1, -0.05) is 0 Å². The smallest absolute Gasteiger partial charge is 0.111 e. The fourth-order valence-corrected chi connectivity index (χ4v) is 1.01. The van der Waals surface area contributed by atoms with Crippen molar-refractivity contribution in [1.82, 2.24) is 0 Å². The lowest BCUT2D eigenvalue weighted by Crippen LogP contribution is -2.49. The zero-order valence-corrected chi connectivity index (χ0v) is 8.06. The quantitative estimate of drug-likeness (QED) is 0.262. The topological polar surface area (TPSA) is 121 Å². The van der Waals surface area contributed by atoms with Crippen molar-refractivity contribution in [3.05, 3.63) is 0 Å². The molecule has 88 valence electrons. The molecule has 0 aromatic rings. The van der Waals surface area contributed by atoms with Crippen molar-refractivity contribution in [2.75, 3.05) is 6.61 Å². The van der Waals surface area contributed by atoms with Gasteiger partial charge in [-0.25, -0.2) is 0 Å². The first-order chi connectivity index (χ1) is 6.95. The standard InChI is InChI=1S/C9H16O6/c1-2-3-5(11)7(13)9(15)8(14)6(12)4-10/h1,5-15H,3-4H2/t5-,6-,7-,8-,9-/m1/s1. The number of terminal acetylenes is 1. The molecule has 0 rings (SSSR count). The summed E-state index contributed by atoms with van der Waals surface area (Å²) in [6.07, 6.45) is -3.52. The summed E-state index contributed by atoms with van der Waals surface area (Å²) >= 11 is 0.